The van der Waals surface area contributed by atoms with Crippen LogP contribution in [0.1, 0.15) is 79.1 Å². The van der Waals surface area contributed by atoms with Crippen molar-refractivity contribution in [1.29, 1.82) is 0 Å². The Morgan fingerprint density at radius 2 is 1.04 bits per heavy atom. The SMILES string of the molecule is CCCC[N+](CCCC)(CCCC)CCCC.FB(F)c1ccc(Cl)cc1.[F-]. The predicted octanol–water partition coefficient (Wildman–Crippen LogP) is 3.98. The number of unbranched alkanes of at least 4 members (excludes halogenated alkanes) is 4. The average molecular weight is 422 g/mol. The molecular weight excluding hydrogens is 382 g/mol. The van der Waals surface area contributed by atoms with Gasteiger partial charge in [0, 0.05) is 5.02 Å². The first-order chi connectivity index (χ1) is 12.9. The lowest BCUT2D eigenvalue weighted by atomic mass is 9.86. The molecule has 0 spiro atoms. The summed E-state index contributed by atoms with van der Waals surface area (Å²) in [6.07, 6.45) is 11.1. The van der Waals surface area contributed by atoms with Gasteiger partial charge in [0.2, 0.25) is 0 Å². The van der Waals surface area contributed by atoms with Crippen LogP contribution in [0.15, 0.2) is 24.3 Å². The zero-order valence-corrected chi connectivity index (χ0v) is 19.1. The van der Waals surface area contributed by atoms with Gasteiger partial charge in [-0.3, -0.25) is 8.63 Å². The highest BCUT2D eigenvalue weighted by Crippen LogP contribution is 2.16. The third-order valence-corrected chi connectivity index (χ3v) is 5.32. The fourth-order valence-electron chi connectivity index (χ4n) is 3.25. The summed E-state index contributed by atoms with van der Waals surface area (Å²) in [6.45, 7) is 15.0. The Morgan fingerprint density at radius 3 is 1.29 bits per heavy atom. The van der Waals surface area contributed by atoms with Crippen molar-refractivity contribution < 1.29 is 17.8 Å². The van der Waals surface area contributed by atoms with Crippen LogP contribution in [0.2, 0.25) is 5.02 Å². The van der Waals surface area contributed by atoms with Crippen molar-refractivity contribution in [3.8, 4) is 0 Å². The van der Waals surface area contributed by atoms with Crippen LogP contribution in [0, 0.1) is 0 Å². The quantitative estimate of drug-likeness (QED) is 0.334. The highest BCUT2D eigenvalue weighted by molar-refractivity contribution is 6.60. The second kappa shape index (κ2) is 18.4. The standard InChI is InChI=1S/C16H36N.C6H4BClF2.FH/c1-5-9-13-17(14-10-6-2,15-11-7-3)16-12-8-4;8-6-3-1-5(2-4-6)7(9)10;/h5-16H2,1-4H3;1-4H;1H/q+1;;/p-1. The maximum atomic E-state index is 11.9. The molecule has 0 saturated heterocycles. The summed E-state index contributed by atoms with van der Waals surface area (Å²) in [5.74, 6) is 0. The Bertz CT molecular complexity index is 420. The van der Waals surface area contributed by atoms with Crippen molar-refractivity contribution in [3.05, 3.63) is 29.3 Å². The Balaban J connectivity index is 0. The van der Waals surface area contributed by atoms with E-state index >= 15 is 0 Å². The lowest BCUT2D eigenvalue weighted by Crippen LogP contribution is -3.00. The molecule has 6 heteroatoms. The molecule has 0 unspecified atom stereocenters. The van der Waals surface area contributed by atoms with E-state index in [1.807, 2.05) is 0 Å². The summed E-state index contributed by atoms with van der Waals surface area (Å²) >= 11 is 5.47. The number of quaternary nitrogens is 1. The molecule has 0 aliphatic carbocycles. The molecule has 0 atom stereocenters. The molecule has 1 aromatic rings. The van der Waals surface area contributed by atoms with E-state index in [1.54, 1.807) is 0 Å². The molecule has 0 N–H and O–H groups in total. The zero-order valence-electron chi connectivity index (χ0n) is 18.3. The minimum atomic E-state index is -2.41. The van der Waals surface area contributed by atoms with Gasteiger partial charge in [-0.15, -0.1) is 0 Å². The van der Waals surface area contributed by atoms with Crippen LogP contribution in [0.25, 0.3) is 0 Å². The molecule has 0 heterocycles. The van der Waals surface area contributed by atoms with Gasteiger partial charge in [-0.05, 0) is 43.3 Å². The number of hydrogen-bond acceptors (Lipinski definition) is 0. The van der Waals surface area contributed by atoms with Crippen LogP contribution in [0.4, 0.5) is 8.63 Å². The molecule has 164 valence electrons. The molecule has 0 aliphatic heterocycles. The van der Waals surface area contributed by atoms with E-state index in [0.717, 1.165) is 0 Å². The largest absolute Gasteiger partial charge is 1.00 e. The first-order valence-electron chi connectivity index (χ1n) is 10.8. The van der Waals surface area contributed by atoms with Gasteiger partial charge in [0.1, 0.15) is 0 Å². The van der Waals surface area contributed by atoms with E-state index in [1.165, 1.54) is 106 Å². The molecule has 0 saturated carbocycles. The number of halogens is 4. The zero-order chi connectivity index (χ0) is 20.5. The number of nitrogens with zero attached hydrogens (tertiary/aromatic N) is 1. The highest BCUT2D eigenvalue weighted by atomic mass is 35.5. The van der Waals surface area contributed by atoms with Gasteiger partial charge < -0.3 is 9.19 Å². The van der Waals surface area contributed by atoms with Crippen LogP contribution in [-0.4, -0.2) is 37.9 Å². The molecule has 0 bridgehead atoms. The summed E-state index contributed by atoms with van der Waals surface area (Å²) in [4.78, 5) is 0. The van der Waals surface area contributed by atoms with Gasteiger partial charge in [0.15, 0.2) is 0 Å². The Morgan fingerprint density at radius 1 is 0.714 bits per heavy atom. The second-order valence-electron chi connectivity index (χ2n) is 7.50. The van der Waals surface area contributed by atoms with Crippen molar-refractivity contribution in [1.82, 2.24) is 0 Å². The smallest absolute Gasteiger partial charge is 0.571 e. The van der Waals surface area contributed by atoms with Gasteiger partial charge in [0.25, 0.3) is 0 Å². The van der Waals surface area contributed by atoms with Gasteiger partial charge in [-0.2, -0.15) is 0 Å². The minimum Gasteiger partial charge on any atom is -1.00 e. The molecule has 0 amide bonds. The van der Waals surface area contributed by atoms with Crippen molar-refractivity contribution >= 4 is 24.3 Å². The Kier molecular flexibility index (Phi) is 19.4. The van der Waals surface area contributed by atoms with E-state index in [4.69, 9.17) is 11.6 Å². The first kappa shape index (κ1) is 29.5. The maximum absolute atomic E-state index is 11.9. The summed E-state index contributed by atoms with van der Waals surface area (Å²) in [6, 6.07) is 5.52. The fraction of sp³-hybridized carbons (Fsp3) is 0.727. The van der Waals surface area contributed by atoms with Crippen LogP contribution < -0.4 is 10.2 Å². The number of hydrogen-bond donors (Lipinski definition) is 0. The molecule has 0 radical (unpaired) electrons. The van der Waals surface area contributed by atoms with Crippen molar-refractivity contribution in [2.24, 2.45) is 0 Å². The van der Waals surface area contributed by atoms with Crippen molar-refractivity contribution in [2.45, 2.75) is 79.1 Å². The van der Waals surface area contributed by atoms with Crippen molar-refractivity contribution in [2.75, 3.05) is 26.2 Å². The van der Waals surface area contributed by atoms with E-state index in [0.29, 0.717) is 5.02 Å². The van der Waals surface area contributed by atoms with Crippen LogP contribution in [0.3, 0.4) is 0 Å². The minimum absolute atomic E-state index is 0. The molecule has 0 aromatic heterocycles. The van der Waals surface area contributed by atoms with E-state index in [-0.39, 0.29) is 10.2 Å². The van der Waals surface area contributed by atoms with Gasteiger partial charge in [0.05, 0.1) is 26.2 Å². The second-order valence-corrected chi connectivity index (χ2v) is 7.94. The lowest BCUT2D eigenvalue weighted by molar-refractivity contribution is -0.929. The molecule has 1 rings (SSSR count). The number of benzene rings is 1. The summed E-state index contributed by atoms with van der Waals surface area (Å²) < 4.78 is 25.1. The van der Waals surface area contributed by atoms with Crippen LogP contribution >= 0.6 is 11.6 Å². The Hall–Kier alpha value is -0.675. The van der Waals surface area contributed by atoms with E-state index in [2.05, 4.69) is 27.7 Å². The summed E-state index contributed by atoms with van der Waals surface area (Å²) in [7, 11) is -2.41. The predicted molar refractivity (Wildman–Crippen MR) is 118 cm³/mol. The average Bonchev–Trinajstić information content (AvgIpc) is 2.68. The molecule has 28 heavy (non-hydrogen) atoms. The van der Waals surface area contributed by atoms with Crippen LogP contribution in [-0.2, 0) is 0 Å². The van der Waals surface area contributed by atoms with Crippen LogP contribution in [0.5, 0.6) is 0 Å². The number of rotatable bonds is 13. The van der Waals surface area contributed by atoms with Gasteiger partial charge in [-0.1, -0.05) is 77.1 Å². The lowest BCUT2D eigenvalue weighted by Gasteiger charge is -2.39. The topological polar surface area (TPSA) is 0 Å². The summed E-state index contributed by atoms with van der Waals surface area (Å²) in [5, 5.41) is 0.476. The highest BCUT2D eigenvalue weighted by Gasteiger charge is 2.24. The normalized spacial score (nSPS) is 10.7. The molecular formula is C22H40BClF3N. The van der Waals surface area contributed by atoms with E-state index < -0.39 is 7.27 Å². The first-order valence-corrected chi connectivity index (χ1v) is 11.2. The Labute approximate surface area is 177 Å². The van der Waals surface area contributed by atoms with Crippen molar-refractivity contribution in [3.63, 3.8) is 0 Å². The molecule has 0 fully saturated rings. The monoisotopic (exact) mass is 421 g/mol. The maximum Gasteiger partial charge on any atom is 0.571 e. The van der Waals surface area contributed by atoms with Gasteiger partial charge >= 0.3 is 7.27 Å². The third-order valence-electron chi connectivity index (χ3n) is 5.07. The fourth-order valence-corrected chi connectivity index (χ4v) is 3.38. The molecule has 0 aliphatic rings. The van der Waals surface area contributed by atoms with E-state index in [9.17, 15) is 8.63 Å². The third kappa shape index (κ3) is 13.5. The summed E-state index contributed by atoms with van der Waals surface area (Å²) in [5.41, 5.74) is 0.00407. The van der Waals surface area contributed by atoms with Gasteiger partial charge in [-0.25, -0.2) is 0 Å². The molecule has 1 aromatic carbocycles. The molecule has 1 nitrogen and oxygen atoms in total.